The van der Waals surface area contributed by atoms with Crippen LogP contribution in [0.3, 0.4) is 0 Å². The number of hydrogen-bond donors (Lipinski definition) is 1. The Morgan fingerprint density at radius 3 is 2.89 bits per heavy atom. The van der Waals surface area contributed by atoms with Gasteiger partial charge in [-0.05, 0) is 50.3 Å². The highest BCUT2D eigenvalue weighted by atomic mass is 16.5. The Hall–Kier alpha value is -0.930. The molecule has 0 spiro atoms. The summed E-state index contributed by atoms with van der Waals surface area (Å²) in [6, 6.07) is 4.68. The molecular weight excluding hydrogens is 224 g/mol. The molecule has 3 heteroatoms. The van der Waals surface area contributed by atoms with Gasteiger partial charge in [-0.2, -0.15) is 0 Å². The minimum absolute atomic E-state index is 0.437. The summed E-state index contributed by atoms with van der Waals surface area (Å²) in [6.45, 7) is 7.12. The van der Waals surface area contributed by atoms with Gasteiger partial charge in [0.2, 0.25) is 0 Å². The normalized spacial score (nSPS) is 18.8. The monoisotopic (exact) mass is 248 g/mol. The summed E-state index contributed by atoms with van der Waals surface area (Å²) in [5.41, 5.74) is 2.50. The van der Waals surface area contributed by atoms with Gasteiger partial charge in [-0.1, -0.05) is 13.0 Å². The van der Waals surface area contributed by atoms with Gasteiger partial charge < -0.3 is 10.1 Å². The van der Waals surface area contributed by atoms with Gasteiger partial charge in [-0.15, -0.1) is 0 Å². The lowest BCUT2D eigenvalue weighted by Gasteiger charge is -2.28. The molecule has 3 nitrogen and oxygen atoms in total. The van der Waals surface area contributed by atoms with E-state index in [4.69, 9.17) is 4.74 Å². The molecule has 1 N–H and O–H groups in total. The third kappa shape index (κ3) is 3.53. The summed E-state index contributed by atoms with van der Waals surface area (Å²) in [5.74, 6) is 0.780. The highest BCUT2D eigenvalue weighted by Gasteiger charge is 2.21. The largest absolute Gasteiger partial charge is 0.381 e. The third-order valence-corrected chi connectivity index (χ3v) is 3.78. The Labute approximate surface area is 110 Å². The lowest BCUT2D eigenvalue weighted by atomic mass is 9.89. The van der Waals surface area contributed by atoms with Crippen molar-refractivity contribution in [1.82, 2.24) is 10.3 Å². The van der Waals surface area contributed by atoms with Gasteiger partial charge in [0.15, 0.2) is 0 Å². The van der Waals surface area contributed by atoms with E-state index < -0.39 is 0 Å². The quantitative estimate of drug-likeness (QED) is 0.870. The van der Waals surface area contributed by atoms with E-state index in [1.807, 2.05) is 12.3 Å². The zero-order valence-corrected chi connectivity index (χ0v) is 11.5. The van der Waals surface area contributed by atoms with E-state index in [9.17, 15) is 0 Å². The van der Waals surface area contributed by atoms with E-state index in [2.05, 4.69) is 30.2 Å². The summed E-state index contributed by atoms with van der Waals surface area (Å²) >= 11 is 0. The Morgan fingerprint density at radius 2 is 2.22 bits per heavy atom. The van der Waals surface area contributed by atoms with Gasteiger partial charge in [-0.25, -0.2) is 0 Å². The molecule has 1 aromatic heterocycles. The van der Waals surface area contributed by atoms with E-state index in [0.29, 0.717) is 6.04 Å². The molecule has 2 heterocycles. The number of hydrogen-bond acceptors (Lipinski definition) is 3. The Bertz CT molecular complexity index is 361. The fraction of sp³-hybridized carbons (Fsp3) is 0.667. The molecule has 18 heavy (non-hydrogen) atoms. The van der Waals surface area contributed by atoms with Crippen molar-refractivity contribution >= 4 is 0 Å². The summed E-state index contributed by atoms with van der Waals surface area (Å²) in [4.78, 5) is 4.41. The first kappa shape index (κ1) is 13.5. The van der Waals surface area contributed by atoms with Gasteiger partial charge >= 0.3 is 0 Å². The molecule has 1 aromatic rings. The number of ether oxygens (including phenoxy) is 1. The standard InChI is InChI=1S/C15H24N2O/c1-3-16-15(11-13-6-9-18-10-7-13)14-5-4-8-17-12(14)2/h4-5,8,13,15-16H,3,6-7,9-11H2,1-2H3. The molecule has 2 rings (SSSR count). The predicted molar refractivity (Wildman–Crippen MR) is 73.6 cm³/mol. The first-order valence-electron chi connectivity index (χ1n) is 7.04. The second-order valence-corrected chi connectivity index (χ2v) is 5.08. The summed E-state index contributed by atoms with van der Waals surface area (Å²) < 4.78 is 5.44. The van der Waals surface area contributed by atoms with Crippen LogP contribution in [0.4, 0.5) is 0 Å². The molecule has 1 aliphatic heterocycles. The fourth-order valence-electron chi connectivity index (χ4n) is 2.75. The summed E-state index contributed by atoms with van der Waals surface area (Å²) in [6.07, 6.45) is 5.46. The van der Waals surface area contributed by atoms with E-state index >= 15 is 0 Å². The van der Waals surface area contributed by atoms with Crippen molar-refractivity contribution in [2.24, 2.45) is 5.92 Å². The van der Waals surface area contributed by atoms with Crippen LogP contribution in [0.25, 0.3) is 0 Å². The van der Waals surface area contributed by atoms with Gasteiger partial charge in [0.1, 0.15) is 0 Å². The van der Waals surface area contributed by atoms with Crippen LogP contribution in [0.1, 0.15) is 43.5 Å². The second kappa shape index (κ2) is 6.86. The van der Waals surface area contributed by atoms with Gasteiger partial charge in [0.05, 0.1) is 0 Å². The average Bonchev–Trinajstić information content (AvgIpc) is 2.40. The third-order valence-electron chi connectivity index (χ3n) is 3.78. The van der Waals surface area contributed by atoms with Crippen LogP contribution in [0, 0.1) is 12.8 Å². The van der Waals surface area contributed by atoms with Crippen molar-refractivity contribution in [3.8, 4) is 0 Å². The number of aryl methyl sites for hydroxylation is 1. The van der Waals surface area contributed by atoms with Crippen molar-refractivity contribution in [1.29, 1.82) is 0 Å². The lowest BCUT2D eigenvalue weighted by molar-refractivity contribution is 0.0605. The molecule has 1 fully saturated rings. The molecule has 100 valence electrons. The van der Waals surface area contributed by atoms with Crippen molar-refractivity contribution in [2.45, 2.75) is 39.2 Å². The van der Waals surface area contributed by atoms with E-state index in [1.54, 1.807) is 0 Å². The molecule has 1 saturated heterocycles. The summed E-state index contributed by atoms with van der Waals surface area (Å²) in [5, 5.41) is 3.61. The second-order valence-electron chi connectivity index (χ2n) is 5.08. The van der Waals surface area contributed by atoms with Gasteiger partial charge in [0.25, 0.3) is 0 Å². The van der Waals surface area contributed by atoms with Gasteiger partial charge in [0, 0.05) is 31.1 Å². The molecule has 1 atom stereocenters. The number of nitrogens with one attached hydrogen (secondary N) is 1. The zero-order chi connectivity index (χ0) is 12.8. The van der Waals surface area contributed by atoms with Crippen molar-refractivity contribution in [2.75, 3.05) is 19.8 Å². The minimum atomic E-state index is 0.437. The molecule has 0 bridgehead atoms. The topological polar surface area (TPSA) is 34.1 Å². The number of rotatable bonds is 5. The van der Waals surface area contributed by atoms with Crippen LogP contribution in [0.2, 0.25) is 0 Å². The SMILES string of the molecule is CCNC(CC1CCOCC1)c1cccnc1C. The molecule has 0 aliphatic carbocycles. The van der Waals surface area contributed by atoms with Crippen molar-refractivity contribution in [3.05, 3.63) is 29.6 Å². The Morgan fingerprint density at radius 1 is 1.44 bits per heavy atom. The maximum Gasteiger partial charge on any atom is 0.0468 e. The highest BCUT2D eigenvalue weighted by molar-refractivity contribution is 5.22. The molecular formula is C15H24N2O. The zero-order valence-electron chi connectivity index (χ0n) is 11.5. The van der Waals surface area contributed by atoms with Crippen molar-refractivity contribution < 1.29 is 4.74 Å². The molecule has 0 aromatic carbocycles. The molecule has 0 saturated carbocycles. The number of pyridine rings is 1. The van der Waals surface area contributed by atoms with Crippen LogP contribution in [-0.4, -0.2) is 24.7 Å². The predicted octanol–water partition coefficient (Wildman–Crippen LogP) is 2.86. The fourth-order valence-corrected chi connectivity index (χ4v) is 2.75. The van der Waals surface area contributed by atoms with Crippen LogP contribution in [-0.2, 0) is 4.74 Å². The Balaban J connectivity index is 2.05. The molecule has 0 amide bonds. The molecule has 0 radical (unpaired) electrons. The first-order valence-corrected chi connectivity index (χ1v) is 7.04. The number of aromatic nitrogens is 1. The summed E-state index contributed by atoms with van der Waals surface area (Å²) in [7, 11) is 0. The highest BCUT2D eigenvalue weighted by Crippen LogP contribution is 2.28. The first-order chi connectivity index (χ1) is 8.81. The van der Waals surface area contributed by atoms with Crippen LogP contribution in [0.15, 0.2) is 18.3 Å². The number of nitrogens with zero attached hydrogens (tertiary/aromatic N) is 1. The Kier molecular flexibility index (Phi) is 5.14. The van der Waals surface area contributed by atoms with Crippen LogP contribution in [0.5, 0.6) is 0 Å². The van der Waals surface area contributed by atoms with Gasteiger partial charge in [-0.3, -0.25) is 4.98 Å². The van der Waals surface area contributed by atoms with E-state index in [0.717, 1.165) is 31.4 Å². The van der Waals surface area contributed by atoms with E-state index in [1.165, 1.54) is 24.8 Å². The smallest absolute Gasteiger partial charge is 0.0468 e. The van der Waals surface area contributed by atoms with Crippen LogP contribution < -0.4 is 5.32 Å². The minimum Gasteiger partial charge on any atom is -0.381 e. The van der Waals surface area contributed by atoms with Crippen LogP contribution >= 0.6 is 0 Å². The maximum absolute atomic E-state index is 5.44. The molecule has 1 aliphatic rings. The lowest BCUT2D eigenvalue weighted by Crippen LogP contribution is -2.27. The average molecular weight is 248 g/mol. The maximum atomic E-state index is 5.44. The molecule has 1 unspecified atom stereocenters. The van der Waals surface area contributed by atoms with E-state index in [-0.39, 0.29) is 0 Å². The van der Waals surface area contributed by atoms with Crippen molar-refractivity contribution in [3.63, 3.8) is 0 Å².